The molecule has 1 aromatic carbocycles. The van der Waals surface area contributed by atoms with Crippen LogP contribution in [0.4, 0.5) is 0 Å². The van der Waals surface area contributed by atoms with Crippen LogP contribution >= 0.6 is 24.0 Å². The molecule has 0 bridgehead atoms. The monoisotopic (exact) mass is 526 g/mol. The van der Waals surface area contributed by atoms with Crippen molar-refractivity contribution in [3.8, 4) is 0 Å². The van der Waals surface area contributed by atoms with Crippen molar-refractivity contribution >= 4 is 29.9 Å². The van der Waals surface area contributed by atoms with Crippen molar-refractivity contribution in [3.05, 3.63) is 53.3 Å². The van der Waals surface area contributed by atoms with E-state index in [0.717, 1.165) is 50.8 Å². The van der Waals surface area contributed by atoms with Gasteiger partial charge in [0.1, 0.15) is 6.10 Å². The number of rotatable bonds is 7. The number of aliphatic imine (C=N–C) groups is 1. The van der Waals surface area contributed by atoms with Crippen molar-refractivity contribution in [1.82, 2.24) is 24.9 Å². The van der Waals surface area contributed by atoms with Gasteiger partial charge >= 0.3 is 0 Å². The maximum atomic E-state index is 5.95. The highest BCUT2D eigenvalue weighted by atomic mass is 127. The van der Waals surface area contributed by atoms with Crippen LogP contribution in [0.1, 0.15) is 36.6 Å². The molecule has 1 saturated heterocycles. The predicted molar refractivity (Wildman–Crippen MR) is 132 cm³/mol. The molecule has 0 amide bonds. The van der Waals surface area contributed by atoms with Crippen LogP contribution in [-0.4, -0.2) is 65.4 Å². The molecule has 1 N–H and O–H groups in total. The van der Waals surface area contributed by atoms with Crippen molar-refractivity contribution in [3.63, 3.8) is 0 Å². The standard InChI is InChI=1S/C22H34N6O.HI/c1-5-27(6-2)15-19-9-7-18(8-10-19)13-24-22(23-3)28-11-12-29-21(17-28)20-14-25-26(4)16-20;/h7-10,14,16,21H,5-6,11-13,15,17H2,1-4H3,(H,23,24);1H. The first-order valence-electron chi connectivity index (χ1n) is 10.5. The zero-order valence-corrected chi connectivity index (χ0v) is 20.9. The van der Waals surface area contributed by atoms with Crippen molar-refractivity contribution in [1.29, 1.82) is 0 Å². The van der Waals surface area contributed by atoms with E-state index < -0.39 is 0 Å². The van der Waals surface area contributed by atoms with E-state index in [1.165, 1.54) is 11.1 Å². The Kier molecular flexibility index (Phi) is 10.1. The summed E-state index contributed by atoms with van der Waals surface area (Å²) in [6.45, 7) is 10.6. The molecular formula is C22H35IN6O. The number of benzene rings is 1. The van der Waals surface area contributed by atoms with Gasteiger partial charge < -0.3 is 15.0 Å². The lowest BCUT2D eigenvalue weighted by molar-refractivity contribution is -0.00805. The van der Waals surface area contributed by atoms with Gasteiger partial charge in [0.2, 0.25) is 0 Å². The van der Waals surface area contributed by atoms with Crippen molar-refractivity contribution in [2.75, 3.05) is 39.8 Å². The fourth-order valence-corrected chi connectivity index (χ4v) is 3.63. The summed E-state index contributed by atoms with van der Waals surface area (Å²) in [5, 5.41) is 7.77. The van der Waals surface area contributed by atoms with Crippen LogP contribution in [0.5, 0.6) is 0 Å². The molecule has 0 aliphatic carbocycles. The fraction of sp³-hybridized carbons (Fsp3) is 0.545. The second-order valence-corrected chi connectivity index (χ2v) is 7.43. The Balaban J connectivity index is 0.00000320. The zero-order valence-electron chi connectivity index (χ0n) is 18.5. The summed E-state index contributed by atoms with van der Waals surface area (Å²) in [6, 6.07) is 8.87. The number of nitrogens with one attached hydrogen (secondary N) is 1. The van der Waals surface area contributed by atoms with Gasteiger partial charge in [-0.05, 0) is 24.2 Å². The normalized spacial score (nSPS) is 17.2. The molecule has 166 valence electrons. The largest absolute Gasteiger partial charge is 0.370 e. The van der Waals surface area contributed by atoms with Crippen LogP contribution < -0.4 is 5.32 Å². The van der Waals surface area contributed by atoms with Gasteiger partial charge in [-0.25, -0.2) is 0 Å². The molecule has 7 nitrogen and oxygen atoms in total. The van der Waals surface area contributed by atoms with Gasteiger partial charge in [-0.2, -0.15) is 5.10 Å². The van der Waals surface area contributed by atoms with E-state index in [1.807, 2.05) is 31.2 Å². The Morgan fingerprint density at radius 2 is 1.93 bits per heavy atom. The Morgan fingerprint density at radius 1 is 1.23 bits per heavy atom. The molecule has 3 rings (SSSR count). The molecule has 30 heavy (non-hydrogen) atoms. The van der Waals surface area contributed by atoms with Crippen LogP contribution in [0.3, 0.4) is 0 Å². The predicted octanol–water partition coefficient (Wildman–Crippen LogP) is 3.03. The third-order valence-electron chi connectivity index (χ3n) is 5.45. The molecule has 0 spiro atoms. The average molecular weight is 526 g/mol. The van der Waals surface area contributed by atoms with Gasteiger partial charge in [0.25, 0.3) is 0 Å². The Hall–Kier alpha value is -1.65. The van der Waals surface area contributed by atoms with Crippen LogP contribution in [0.2, 0.25) is 0 Å². The first kappa shape index (κ1) is 24.6. The van der Waals surface area contributed by atoms with E-state index in [9.17, 15) is 0 Å². The van der Waals surface area contributed by atoms with Crippen molar-refractivity contribution in [2.24, 2.45) is 12.0 Å². The Labute approximate surface area is 197 Å². The molecule has 2 aromatic rings. The van der Waals surface area contributed by atoms with E-state index in [1.54, 1.807) is 0 Å². The molecule has 2 heterocycles. The Bertz CT molecular complexity index is 787. The number of morpholine rings is 1. The minimum atomic E-state index is 0. The number of aryl methyl sites for hydroxylation is 1. The van der Waals surface area contributed by atoms with Gasteiger partial charge in [0, 0.05) is 45.5 Å². The second-order valence-electron chi connectivity index (χ2n) is 7.43. The number of hydrogen-bond acceptors (Lipinski definition) is 4. The van der Waals surface area contributed by atoms with Gasteiger partial charge in [-0.1, -0.05) is 38.1 Å². The number of halogens is 1. The number of nitrogens with zero attached hydrogens (tertiary/aromatic N) is 5. The van der Waals surface area contributed by atoms with E-state index in [-0.39, 0.29) is 30.1 Å². The van der Waals surface area contributed by atoms with Crippen LogP contribution in [0.25, 0.3) is 0 Å². The van der Waals surface area contributed by atoms with E-state index in [0.29, 0.717) is 6.61 Å². The van der Waals surface area contributed by atoms with E-state index in [4.69, 9.17) is 4.74 Å². The topological polar surface area (TPSA) is 57.9 Å². The highest BCUT2D eigenvalue weighted by Crippen LogP contribution is 2.21. The SMILES string of the molecule is CCN(CC)Cc1ccc(CNC(=NC)N2CCOC(c3cnn(C)c3)C2)cc1.I. The van der Waals surface area contributed by atoms with Crippen LogP contribution in [0.15, 0.2) is 41.7 Å². The minimum absolute atomic E-state index is 0. The lowest BCUT2D eigenvalue weighted by Gasteiger charge is -2.34. The molecule has 0 radical (unpaired) electrons. The van der Waals surface area contributed by atoms with E-state index >= 15 is 0 Å². The lowest BCUT2D eigenvalue weighted by atomic mass is 10.1. The lowest BCUT2D eigenvalue weighted by Crippen LogP contribution is -2.47. The molecule has 8 heteroatoms. The third-order valence-corrected chi connectivity index (χ3v) is 5.45. The smallest absolute Gasteiger partial charge is 0.194 e. The van der Waals surface area contributed by atoms with Crippen LogP contribution in [-0.2, 0) is 24.9 Å². The Morgan fingerprint density at radius 3 is 2.53 bits per heavy atom. The number of ether oxygens (including phenoxy) is 1. The first-order valence-corrected chi connectivity index (χ1v) is 10.5. The maximum Gasteiger partial charge on any atom is 0.194 e. The highest BCUT2D eigenvalue weighted by Gasteiger charge is 2.25. The molecule has 1 aromatic heterocycles. The number of aromatic nitrogens is 2. The quantitative estimate of drug-likeness (QED) is 0.342. The molecular weight excluding hydrogens is 491 g/mol. The van der Waals surface area contributed by atoms with Gasteiger partial charge in [0.15, 0.2) is 5.96 Å². The average Bonchev–Trinajstić information content (AvgIpc) is 3.20. The summed E-state index contributed by atoms with van der Waals surface area (Å²) < 4.78 is 7.76. The summed E-state index contributed by atoms with van der Waals surface area (Å²) in [4.78, 5) is 9.17. The summed E-state index contributed by atoms with van der Waals surface area (Å²) in [6.07, 6.45) is 3.92. The first-order chi connectivity index (χ1) is 14.1. The second kappa shape index (κ2) is 12.3. The molecule has 1 unspecified atom stereocenters. The highest BCUT2D eigenvalue weighted by molar-refractivity contribution is 14.0. The fourth-order valence-electron chi connectivity index (χ4n) is 3.63. The van der Waals surface area contributed by atoms with Crippen molar-refractivity contribution < 1.29 is 4.74 Å². The molecule has 1 aliphatic heterocycles. The summed E-state index contributed by atoms with van der Waals surface area (Å²) in [5.41, 5.74) is 3.72. The maximum absolute atomic E-state index is 5.95. The number of hydrogen-bond donors (Lipinski definition) is 1. The summed E-state index contributed by atoms with van der Waals surface area (Å²) >= 11 is 0. The summed E-state index contributed by atoms with van der Waals surface area (Å²) in [5.74, 6) is 0.911. The summed E-state index contributed by atoms with van der Waals surface area (Å²) in [7, 11) is 3.77. The molecule has 1 atom stereocenters. The minimum Gasteiger partial charge on any atom is -0.370 e. The third kappa shape index (κ3) is 6.68. The molecule has 0 saturated carbocycles. The molecule has 1 aliphatic rings. The number of guanidine groups is 1. The zero-order chi connectivity index (χ0) is 20.6. The van der Waals surface area contributed by atoms with Gasteiger partial charge in [0.05, 0.1) is 19.3 Å². The van der Waals surface area contributed by atoms with E-state index in [2.05, 4.69) is 63.3 Å². The van der Waals surface area contributed by atoms with Crippen molar-refractivity contribution in [2.45, 2.75) is 33.0 Å². The van der Waals surface area contributed by atoms with Crippen LogP contribution in [0, 0.1) is 0 Å². The van der Waals surface area contributed by atoms with Gasteiger partial charge in [-0.15, -0.1) is 24.0 Å². The van der Waals surface area contributed by atoms with Gasteiger partial charge in [-0.3, -0.25) is 14.6 Å². The molecule has 1 fully saturated rings.